The van der Waals surface area contributed by atoms with Gasteiger partial charge in [0.05, 0.1) is 5.92 Å². The first-order valence-electron chi connectivity index (χ1n) is 9.14. The lowest BCUT2D eigenvalue weighted by Crippen LogP contribution is -2.45. The fraction of sp³-hybridized carbons (Fsp3) is 0.579. The molecule has 0 spiro atoms. The molecule has 1 aromatic rings. The number of rotatable bonds is 2. The molecule has 3 aliphatic rings. The summed E-state index contributed by atoms with van der Waals surface area (Å²) >= 11 is 0. The minimum atomic E-state index is -0.249. The minimum Gasteiger partial charge on any atom is -0.486 e. The summed E-state index contributed by atoms with van der Waals surface area (Å²) in [7, 11) is 0. The highest BCUT2D eigenvalue weighted by Crippen LogP contribution is 2.36. The van der Waals surface area contributed by atoms with E-state index in [-0.39, 0.29) is 30.2 Å². The van der Waals surface area contributed by atoms with E-state index in [1.165, 1.54) is 6.42 Å². The van der Waals surface area contributed by atoms with Crippen LogP contribution in [0.25, 0.3) is 0 Å². The van der Waals surface area contributed by atoms with Crippen molar-refractivity contribution in [1.82, 2.24) is 4.90 Å². The van der Waals surface area contributed by atoms with Gasteiger partial charge in [-0.2, -0.15) is 0 Å². The number of carbonyl (C=O) groups excluding carboxylic acids is 2. The van der Waals surface area contributed by atoms with Crippen LogP contribution in [0.4, 0.5) is 5.69 Å². The van der Waals surface area contributed by atoms with Crippen LogP contribution < -0.4 is 14.4 Å². The van der Waals surface area contributed by atoms with Crippen LogP contribution in [0.5, 0.6) is 11.5 Å². The van der Waals surface area contributed by atoms with Crippen molar-refractivity contribution in [1.29, 1.82) is 0 Å². The molecule has 2 fully saturated rings. The summed E-state index contributed by atoms with van der Waals surface area (Å²) in [5.41, 5.74) is 0.774. The lowest BCUT2D eigenvalue weighted by atomic mass is 9.99. The fourth-order valence-corrected chi connectivity index (χ4v) is 3.98. The average molecular weight is 344 g/mol. The minimum absolute atomic E-state index is 0.000287. The molecule has 6 heteroatoms. The lowest BCUT2D eigenvalue weighted by molar-refractivity contribution is -0.139. The second-order valence-corrected chi connectivity index (χ2v) is 7.11. The molecule has 1 aromatic carbocycles. The molecule has 3 heterocycles. The van der Waals surface area contributed by atoms with Crippen LogP contribution in [-0.4, -0.2) is 49.1 Å². The summed E-state index contributed by atoms with van der Waals surface area (Å²) in [6, 6.07) is 5.81. The summed E-state index contributed by atoms with van der Waals surface area (Å²) in [6.45, 7) is 4.42. The maximum absolute atomic E-state index is 12.9. The van der Waals surface area contributed by atoms with Gasteiger partial charge in [-0.25, -0.2) is 0 Å². The molecular formula is C19H24N2O4. The first kappa shape index (κ1) is 16.2. The van der Waals surface area contributed by atoms with Crippen LogP contribution in [0.1, 0.15) is 32.6 Å². The molecular weight excluding hydrogens is 320 g/mol. The van der Waals surface area contributed by atoms with Gasteiger partial charge in [0.1, 0.15) is 13.2 Å². The predicted molar refractivity (Wildman–Crippen MR) is 92.9 cm³/mol. The molecule has 25 heavy (non-hydrogen) atoms. The topological polar surface area (TPSA) is 59.1 Å². The van der Waals surface area contributed by atoms with Gasteiger partial charge in [-0.15, -0.1) is 0 Å². The lowest BCUT2D eigenvalue weighted by Gasteiger charge is -2.35. The van der Waals surface area contributed by atoms with Crippen LogP contribution in [0, 0.1) is 5.92 Å². The van der Waals surface area contributed by atoms with E-state index in [0.29, 0.717) is 31.3 Å². The normalized spacial score (nSPS) is 26.0. The quantitative estimate of drug-likeness (QED) is 0.825. The zero-order valence-electron chi connectivity index (χ0n) is 14.6. The van der Waals surface area contributed by atoms with E-state index < -0.39 is 0 Å². The van der Waals surface area contributed by atoms with Crippen molar-refractivity contribution in [2.75, 3.05) is 31.2 Å². The highest BCUT2D eigenvalue weighted by molar-refractivity contribution is 6.00. The first-order valence-corrected chi connectivity index (χ1v) is 9.14. The number of anilines is 1. The van der Waals surface area contributed by atoms with Gasteiger partial charge in [-0.1, -0.05) is 0 Å². The Morgan fingerprint density at radius 1 is 1.16 bits per heavy atom. The van der Waals surface area contributed by atoms with Crippen molar-refractivity contribution in [3.05, 3.63) is 18.2 Å². The summed E-state index contributed by atoms with van der Waals surface area (Å²) in [5, 5.41) is 0. The van der Waals surface area contributed by atoms with Crippen molar-refractivity contribution in [2.24, 2.45) is 5.92 Å². The second kappa shape index (κ2) is 6.58. The number of benzene rings is 1. The number of carbonyl (C=O) groups is 2. The van der Waals surface area contributed by atoms with Crippen molar-refractivity contribution >= 4 is 17.5 Å². The van der Waals surface area contributed by atoms with E-state index in [9.17, 15) is 9.59 Å². The maximum atomic E-state index is 12.9. The number of fused-ring (bicyclic) bond motifs is 1. The highest BCUT2D eigenvalue weighted by atomic mass is 16.6. The molecule has 2 amide bonds. The van der Waals surface area contributed by atoms with Gasteiger partial charge in [-0.05, 0) is 38.3 Å². The van der Waals surface area contributed by atoms with Gasteiger partial charge in [0.15, 0.2) is 11.5 Å². The predicted octanol–water partition coefficient (Wildman–Crippen LogP) is 2.21. The Bertz CT molecular complexity index is 690. The number of amides is 2. The van der Waals surface area contributed by atoms with Crippen LogP contribution in [0.15, 0.2) is 18.2 Å². The number of hydrogen-bond acceptors (Lipinski definition) is 4. The molecule has 0 saturated carbocycles. The Morgan fingerprint density at radius 2 is 1.96 bits per heavy atom. The highest BCUT2D eigenvalue weighted by Gasteiger charge is 2.39. The molecule has 2 atom stereocenters. The van der Waals surface area contributed by atoms with Crippen LogP contribution in [-0.2, 0) is 9.59 Å². The van der Waals surface area contributed by atoms with Crippen LogP contribution >= 0.6 is 0 Å². The second-order valence-electron chi connectivity index (χ2n) is 7.11. The Balaban J connectivity index is 1.49. The number of nitrogens with zero attached hydrogens (tertiary/aromatic N) is 2. The molecule has 0 aliphatic carbocycles. The Hall–Kier alpha value is -2.24. The number of hydrogen-bond donors (Lipinski definition) is 0. The third-order valence-electron chi connectivity index (χ3n) is 5.40. The molecule has 3 aliphatic heterocycles. The van der Waals surface area contributed by atoms with E-state index in [1.807, 2.05) is 23.1 Å². The summed E-state index contributed by atoms with van der Waals surface area (Å²) < 4.78 is 11.1. The number of likely N-dealkylation sites (tertiary alicyclic amines) is 1. The van der Waals surface area contributed by atoms with Crippen molar-refractivity contribution in [2.45, 2.75) is 38.6 Å². The van der Waals surface area contributed by atoms with Gasteiger partial charge >= 0.3 is 0 Å². The molecule has 0 bridgehead atoms. The standard InChI is InChI=1S/C19H24N2O4/c1-13-4-2-3-7-20(13)19(23)14-10-18(22)21(12-14)15-5-6-16-17(11-15)25-9-8-24-16/h5-6,11,13-14H,2-4,7-10,12H2,1H3. The maximum Gasteiger partial charge on any atom is 0.228 e. The van der Waals surface area contributed by atoms with Gasteiger partial charge in [0.2, 0.25) is 11.8 Å². The summed E-state index contributed by atoms with van der Waals surface area (Å²) in [5.74, 6) is 1.24. The molecule has 2 saturated heterocycles. The van der Waals surface area contributed by atoms with E-state index in [4.69, 9.17) is 9.47 Å². The van der Waals surface area contributed by atoms with E-state index in [2.05, 4.69) is 6.92 Å². The zero-order chi connectivity index (χ0) is 17.4. The Kier molecular flexibility index (Phi) is 4.27. The van der Waals surface area contributed by atoms with E-state index in [1.54, 1.807) is 4.90 Å². The van der Waals surface area contributed by atoms with Gasteiger partial charge in [0, 0.05) is 37.3 Å². The fourth-order valence-electron chi connectivity index (χ4n) is 3.98. The molecule has 134 valence electrons. The SMILES string of the molecule is CC1CCCCN1C(=O)C1CC(=O)N(c2ccc3c(c2)OCCO3)C1. The Labute approximate surface area is 147 Å². The number of piperidine rings is 1. The molecule has 2 unspecified atom stereocenters. The smallest absolute Gasteiger partial charge is 0.228 e. The zero-order valence-corrected chi connectivity index (χ0v) is 14.6. The van der Waals surface area contributed by atoms with Crippen molar-refractivity contribution < 1.29 is 19.1 Å². The van der Waals surface area contributed by atoms with Gasteiger partial charge in [-0.3, -0.25) is 9.59 Å². The van der Waals surface area contributed by atoms with E-state index >= 15 is 0 Å². The van der Waals surface area contributed by atoms with Crippen molar-refractivity contribution in [3.8, 4) is 11.5 Å². The molecule has 0 radical (unpaired) electrons. The number of ether oxygens (including phenoxy) is 2. The first-order chi connectivity index (χ1) is 12.1. The molecule has 0 aromatic heterocycles. The van der Waals surface area contributed by atoms with Gasteiger partial charge in [0.25, 0.3) is 0 Å². The largest absolute Gasteiger partial charge is 0.486 e. The van der Waals surface area contributed by atoms with Crippen LogP contribution in [0.2, 0.25) is 0 Å². The molecule has 4 rings (SSSR count). The summed E-state index contributed by atoms with van der Waals surface area (Å²) in [6.07, 6.45) is 3.58. The monoisotopic (exact) mass is 344 g/mol. The van der Waals surface area contributed by atoms with Crippen molar-refractivity contribution in [3.63, 3.8) is 0 Å². The third kappa shape index (κ3) is 3.05. The Morgan fingerprint density at radius 3 is 2.76 bits per heavy atom. The average Bonchev–Trinajstić information content (AvgIpc) is 3.03. The molecule has 0 N–H and O–H groups in total. The third-order valence-corrected chi connectivity index (χ3v) is 5.40. The van der Waals surface area contributed by atoms with Crippen LogP contribution in [0.3, 0.4) is 0 Å². The molecule has 6 nitrogen and oxygen atoms in total. The van der Waals surface area contributed by atoms with Gasteiger partial charge < -0.3 is 19.3 Å². The summed E-state index contributed by atoms with van der Waals surface area (Å²) in [4.78, 5) is 29.0. The van der Waals surface area contributed by atoms with E-state index in [0.717, 1.165) is 25.1 Å².